The third-order valence-electron chi connectivity index (χ3n) is 1.96. The molecule has 0 aliphatic carbocycles. The molecule has 1 heterocycles. The Morgan fingerprint density at radius 3 is 2.71 bits per heavy atom. The number of nitrogens with one attached hydrogen (secondary N) is 2. The Hall–Kier alpha value is -1.73. The van der Waals surface area contributed by atoms with Crippen molar-refractivity contribution >= 4 is 27.3 Å². The lowest BCUT2D eigenvalue weighted by atomic mass is 10.3. The number of aromatic amines is 1. The average molecular weight is 274 g/mol. The molecule has 3 N–H and O–H groups in total. The number of benzene rings is 1. The van der Waals surface area contributed by atoms with Crippen LogP contribution in [0.5, 0.6) is 5.75 Å². The van der Waals surface area contributed by atoms with Gasteiger partial charge in [-0.05, 0) is 24.3 Å². The quantitative estimate of drug-likeness (QED) is 0.740. The van der Waals surface area contributed by atoms with Gasteiger partial charge in [0.2, 0.25) is 0 Å². The van der Waals surface area contributed by atoms with Gasteiger partial charge in [0.15, 0.2) is 5.03 Å². The number of nitrogens with zero attached hydrogens (tertiary/aromatic N) is 1. The summed E-state index contributed by atoms with van der Waals surface area (Å²) in [5.74, 6) is -0.115. The Kier molecular flexibility index (Phi) is 2.95. The second-order valence-corrected chi connectivity index (χ2v) is 5.25. The lowest BCUT2D eigenvalue weighted by molar-refractivity contribution is 0.475. The molecule has 0 saturated heterocycles. The predicted octanol–water partition coefficient (Wildman–Crippen LogP) is 1.57. The van der Waals surface area contributed by atoms with Gasteiger partial charge in [0, 0.05) is 0 Å². The minimum Gasteiger partial charge on any atom is -0.506 e. The van der Waals surface area contributed by atoms with Crippen LogP contribution in [0.4, 0.5) is 5.69 Å². The van der Waals surface area contributed by atoms with Crippen LogP contribution in [0.2, 0.25) is 5.02 Å². The molecule has 17 heavy (non-hydrogen) atoms. The van der Waals surface area contributed by atoms with Crippen molar-refractivity contribution in [2.45, 2.75) is 5.03 Å². The number of aromatic nitrogens is 2. The van der Waals surface area contributed by atoms with Crippen LogP contribution in [0.1, 0.15) is 0 Å². The molecule has 0 unspecified atom stereocenters. The number of aromatic hydroxyl groups is 1. The Morgan fingerprint density at radius 1 is 1.35 bits per heavy atom. The van der Waals surface area contributed by atoms with Crippen molar-refractivity contribution in [3.63, 3.8) is 0 Å². The topological polar surface area (TPSA) is 95.1 Å². The summed E-state index contributed by atoms with van der Waals surface area (Å²) in [5.41, 5.74) is 0.252. The molecule has 90 valence electrons. The molecule has 8 heteroatoms. The molecule has 0 saturated carbocycles. The fourth-order valence-electron chi connectivity index (χ4n) is 1.17. The zero-order chi connectivity index (χ0) is 12.5. The summed E-state index contributed by atoms with van der Waals surface area (Å²) in [7, 11) is -3.71. The number of hydrogen-bond donors (Lipinski definition) is 3. The molecule has 0 radical (unpaired) electrons. The monoisotopic (exact) mass is 273 g/mol. The first-order chi connectivity index (χ1) is 7.99. The minimum absolute atomic E-state index is 0.0540. The summed E-state index contributed by atoms with van der Waals surface area (Å²) in [6, 6.07) is 5.33. The van der Waals surface area contributed by atoms with Crippen molar-refractivity contribution in [3.8, 4) is 5.75 Å². The van der Waals surface area contributed by atoms with Crippen LogP contribution in [0.15, 0.2) is 35.5 Å². The number of phenols is 1. The molecule has 0 amide bonds. The molecule has 0 spiro atoms. The summed E-state index contributed by atoms with van der Waals surface area (Å²) in [6.45, 7) is 0. The summed E-state index contributed by atoms with van der Waals surface area (Å²) >= 11 is 5.66. The van der Waals surface area contributed by atoms with Gasteiger partial charge in [-0.1, -0.05) is 11.6 Å². The molecule has 0 aliphatic rings. The molecule has 1 aromatic heterocycles. The molecule has 0 fully saturated rings. The van der Waals surface area contributed by atoms with E-state index in [9.17, 15) is 13.5 Å². The summed E-state index contributed by atoms with van der Waals surface area (Å²) in [6.07, 6.45) is 1.33. The maximum Gasteiger partial charge on any atom is 0.278 e. The predicted molar refractivity (Wildman–Crippen MR) is 62.5 cm³/mol. The van der Waals surface area contributed by atoms with E-state index in [1.165, 1.54) is 30.5 Å². The molecule has 2 aromatic rings. The average Bonchev–Trinajstić information content (AvgIpc) is 2.77. The smallest absolute Gasteiger partial charge is 0.278 e. The largest absolute Gasteiger partial charge is 0.506 e. The third kappa shape index (κ3) is 2.51. The highest BCUT2D eigenvalue weighted by Crippen LogP contribution is 2.27. The van der Waals surface area contributed by atoms with Crippen LogP contribution in [0, 0.1) is 0 Å². The summed E-state index contributed by atoms with van der Waals surface area (Å²) in [4.78, 5) is 0. The first-order valence-electron chi connectivity index (χ1n) is 4.50. The second-order valence-electron chi connectivity index (χ2n) is 3.19. The maximum atomic E-state index is 11.8. The van der Waals surface area contributed by atoms with Gasteiger partial charge in [0.05, 0.1) is 16.9 Å². The van der Waals surface area contributed by atoms with Crippen molar-refractivity contribution in [2.75, 3.05) is 4.72 Å². The number of hydrogen-bond acceptors (Lipinski definition) is 4. The molecular formula is C9H8ClN3O3S. The molecule has 1 aromatic carbocycles. The van der Waals surface area contributed by atoms with Gasteiger partial charge in [-0.3, -0.25) is 9.82 Å². The van der Waals surface area contributed by atoms with Gasteiger partial charge < -0.3 is 5.11 Å². The van der Waals surface area contributed by atoms with Crippen molar-refractivity contribution in [2.24, 2.45) is 0 Å². The van der Waals surface area contributed by atoms with Gasteiger partial charge in [-0.15, -0.1) is 0 Å². The second kappa shape index (κ2) is 4.27. The van der Waals surface area contributed by atoms with Crippen molar-refractivity contribution in [3.05, 3.63) is 35.5 Å². The lowest BCUT2D eigenvalue weighted by Gasteiger charge is -2.06. The van der Waals surface area contributed by atoms with Crippen molar-refractivity contribution in [1.82, 2.24) is 10.2 Å². The van der Waals surface area contributed by atoms with E-state index in [4.69, 9.17) is 11.6 Å². The Balaban J connectivity index is 2.30. The third-order valence-corrected chi connectivity index (χ3v) is 3.58. The van der Waals surface area contributed by atoms with E-state index in [-0.39, 0.29) is 21.5 Å². The van der Waals surface area contributed by atoms with Crippen molar-refractivity contribution < 1.29 is 13.5 Å². The van der Waals surface area contributed by atoms with Crippen LogP contribution >= 0.6 is 11.6 Å². The zero-order valence-corrected chi connectivity index (χ0v) is 9.96. The highest BCUT2D eigenvalue weighted by Gasteiger charge is 2.15. The van der Waals surface area contributed by atoms with E-state index in [1.807, 2.05) is 0 Å². The lowest BCUT2D eigenvalue weighted by Crippen LogP contribution is -2.13. The highest BCUT2D eigenvalue weighted by atomic mass is 35.5. The van der Waals surface area contributed by atoms with Gasteiger partial charge >= 0.3 is 0 Å². The fraction of sp³-hybridized carbons (Fsp3) is 0. The van der Waals surface area contributed by atoms with E-state index in [2.05, 4.69) is 14.9 Å². The van der Waals surface area contributed by atoms with Crippen LogP contribution < -0.4 is 4.72 Å². The SMILES string of the molecule is O=S(=O)(Nc1ccc(O)c(Cl)c1)c1ccn[nH]1. The molecule has 0 aliphatic heterocycles. The summed E-state index contributed by atoms with van der Waals surface area (Å²) in [5, 5.41) is 15.1. The van der Waals surface area contributed by atoms with E-state index < -0.39 is 10.0 Å². The number of H-pyrrole nitrogens is 1. The van der Waals surface area contributed by atoms with E-state index in [1.54, 1.807) is 0 Å². The van der Waals surface area contributed by atoms with Gasteiger partial charge in [0.25, 0.3) is 10.0 Å². The normalized spacial score (nSPS) is 11.4. The number of sulfonamides is 1. The number of anilines is 1. The molecular weight excluding hydrogens is 266 g/mol. The Morgan fingerprint density at radius 2 is 2.12 bits per heavy atom. The number of phenolic OH excluding ortho intramolecular Hbond substituents is 1. The van der Waals surface area contributed by atoms with E-state index in [0.29, 0.717) is 0 Å². The Labute approximate surface area is 102 Å². The Bertz CT molecular complexity index is 625. The zero-order valence-electron chi connectivity index (χ0n) is 8.38. The summed E-state index contributed by atoms with van der Waals surface area (Å²) < 4.78 is 25.8. The van der Waals surface area contributed by atoms with Gasteiger partial charge in [-0.2, -0.15) is 13.5 Å². The van der Waals surface area contributed by atoms with E-state index in [0.717, 1.165) is 0 Å². The van der Waals surface area contributed by atoms with Crippen LogP contribution in [0.25, 0.3) is 0 Å². The number of rotatable bonds is 3. The minimum atomic E-state index is -3.71. The van der Waals surface area contributed by atoms with Gasteiger partial charge in [0.1, 0.15) is 5.75 Å². The van der Waals surface area contributed by atoms with Crippen LogP contribution in [0.3, 0.4) is 0 Å². The fourth-order valence-corrected chi connectivity index (χ4v) is 2.31. The number of halogens is 1. The van der Waals surface area contributed by atoms with E-state index >= 15 is 0 Å². The highest BCUT2D eigenvalue weighted by molar-refractivity contribution is 7.92. The standard InChI is InChI=1S/C9H8ClN3O3S/c10-7-5-6(1-2-8(7)14)13-17(15,16)9-3-4-11-12-9/h1-5,13-14H,(H,11,12). The molecule has 6 nitrogen and oxygen atoms in total. The van der Waals surface area contributed by atoms with Crippen LogP contribution in [-0.2, 0) is 10.0 Å². The maximum absolute atomic E-state index is 11.8. The first-order valence-corrected chi connectivity index (χ1v) is 6.36. The van der Waals surface area contributed by atoms with Gasteiger partial charge in [-0.25, -0.2) is 0 Å². The van der Waals surface area contributed by atoms with Crippen molar-refractivity contribution in [1.29, 1.82) is 0 Å². The van der Waals surface area contributed by atoms with Crippen LogP contribution in [-0.4, -0.2) is 23.7 Å². The molecule has 0 atom stereocenters. The first kappa shape index (κ1) is 11.7. The molecule has 2 rings (SSSR count). The molecule has 0 bridgehead atoms.